The van der Waals surface area contributed by atoms with Crippen LogP contribution in [0.4, 0.5) is 22.7 Å². The van der Waals surface area contributed by atoms with Crippen LogP contribution < -0.4 is 19.6 Å². The van der Waals surface area contributed by atoms with E-state index in [0.717, 1.165) is 26.2 Å². The van der Waals surface area contributed by atoms with Crippen molar-refractivity contribution < 1.29 is 9.15 Å². The van der Waals surface area contributed by atoms with Crippen molar-refractivity contribution in [3.63, 3.8) is 0 Å². The fraction of sp³-hybridized carbons (Fsp3) is 0.241. The summed E-state index contributed by atoms with van der Waals surface area (Å²) in [5.74, 6) is 0. The number of hydrogen-bond acceptors (Lipinski definition) is 4. The first-order chi connectivity index (χ1) is 30.9. The van der Waals surface area contributed by atoms with Gasteiger partial charge in [0.2, 0.25) is 0 Å². The minimum absolute atomic E-state index is 0.845. The second-order valence-electron chi connectivity index (χ2n) is 17.5. The summed E-state index contributed by atoms with van der Waals surface area (Å²) < 4.78 is 4.29. The van der Waals surface area contributed by atoms with Crippen LogP contribution in [0.1, 0.15) is 47.2 Å². The van der Waals surface area contributed by atoms with Crippen molar-refractivity contribution in [1.29, 1.82) is 0 Å². The Bertz CT molecular complexity index is 2430. The molecule has 2 aliphatic rings. The van der Waals surface area contributed by atoms with Crippen molar-refractivity contribution >= 4 is 45.3 Å². The summed E-state index contributed by atoms with van der Waals surface area (Å²) in [6.07, 6.45) is 17.8. The summed E-state index contributed by atoms with van der Waals surface area (Å²) in [6, 6.07) is 45.2. The van der Waals surface area contributed by atoms with Gasteiger partial charge in [0.1, 0.15) is 28.2 Å². The number of rotatable bonds is 14. The Morgan fingerprint density at radius 2 is 0.625 bits per heavy atom. The fourth-order valence-electron chi connectivity index (χ4n) is 8.34. The molecule has 7 rings (SSSR count). The minimum Gasteiger partial charge on any atom is -0.378 e. The highest BCUT2D eigenvalue weighted by molar-refractivity contribution is 6.04. The third kappa shape index (κ3) is 10.6. The van der Waals surface area contributed by atoms with E-state index in [0.29, 0.717) is 0 Å². The van der Waals surface area contributed by atoms with Gasteiger partial charge in [-0.3, -0.25) is 0 Å². The zero-order valence-electron chi connectivity index (χ0n) is 39.7. The number of anilines is 4. The zero-order valence-corrected chi connectivity index (χ0v) is 39.7. The van der Waals surface area contributed by atoms with Gasteiger partial charge in [-0.1, -0.05) is 72.8 Å². The van der Waals surface area contributed by atoms with Gasteiger partial charge in [0.25, 0.3) is 0 Å². The van der Waals surface area contributed by atoms with Crippen LogP contribution in [0.2, 0.25) is 0 Å². The number of hydrogen-bond donors (Lipinski definition) is 0. The van der Waals surface area contributed by atoms with Crippen molar-refractivity contribution in [2.45, 2.75) is 26.9 Å². The number of allylic oxidation sites excluding steroid dienone is 10. The zero-order chi connectivity index (χ0) is 45.3. The van der Waals surface area contributed by atoms with Crippen LogP contribution in [-0.4, -0.2) is 90.0 Å². The first kappa shape index (κ1) is 45.1. The molecule has 5 aromatic rings. The van der Waals surface area contributed by atoms with Crippen LogP contribution in [0, 0.1) is 0 Å². The Labute approximate surface area is 383 Å². The third-order valence-electron chi connectivity index (χ3n) is 12.3. The van der Waals surface area contributed by atoms with Gasteiger partial charge < -0.3 is 19.6 Å². The van der Waals surface area contributed by atoms with Crippen LogP contribution >= 0.6 is 0 Å². The highest BCUT2D eigenvalue weighted by Crippen LogP contribution is 2.34. The minimum atomic E-state index is 0.845. The van der Waals surface area contributed by atoms with Crippen molar-refractivity contribution in [3.8, 4) is 0 Å². The van der Waals surface area contributed by atoms with E-state index < -0.39 is 0 Å². The topological polar surface area (TPSA) is 19.0 Å². The molecule has 6 heteroatoms. The SMILES string of the molecule is CCN(Cc1ccc(CN(CC)c2ccc(C(=C3C=CC(=[N+](C)C)C=C3)c3ccc(N(C)C)cc3)cc2)cc1)c1ccc(C(=C2C=CC(=[N+](C)C)C=C2)c2ccc(N(C)C)cc2)cc1. The van der Waals surface area contributed by atoms with Crippen LogP contribution in [-0.2, 0) is 13.1 Å². The normalized spacial score (nSPS) is 13.0. The quantitative estimate of drug-likeness (QED) is 0.104. The second-order valence-corrected chi connectivity index (χ2v) is 17.5. The summed E-state index contributed by atoms with van der Waals surface area (Å²) in [4.78, 5) is 9.19. The molecule has 0 fully saturated rings. The van der Waals surface area contributed by atoms with Gasteiger partial charge in [0, 0.05) is 101 Å². The van der Waals surface area contributed by atoms with Crippen molar-refractivity contribution in [2.24, 2.45) is 0 Å². The maximum absolute atomic E-state index is 2.45. The summed E-state index contributed by atoms with van der Waals surface area (Å²) >= 11 is 0. The second kappa shape index (κ2) is 20.5. The fourth-order valence-corrected chi connectivity index (χ4v) is 8.34. The lowest BCUT2D eigenvalue weighted by Crippen LogP contribution is -2.23. The van der Waals surface area contributed by atoms with Crippen molar-refractivity contribution in [3.05, 3.63) is 214 Å². The van der Waals surface area contributed by atoms with E-state index >= 15 is 0 Å². The molecule has 0 atom stereocenters. The maximum Gasteiger partial charge on any atom is 0.199 e. The van der Waals surface area contributed by atoms with Gasteiger partial charge in [-0.25, -0.2) is 9.15 Å². The van der Waals surface area contributed by atoms with Crippen LogP contribution in [0.5, 0.6) is 0 Å². The summed E-state index contributed by atoms with van der Waals surface area (Å²) in [5, 5.41) is 0. The predicted molar refractivity (Wildman–Crippen MR) is 277 cm³/mol. The molecule has 6 nitrogen and oxygen atoms in total. The standard InChI is InChI=1S/C58H66N6/c1-11-63(55-37-25-49(26-38-55)57(45-17-29-51(30-18-45)59(3)4)46-19-31-52(32-20-46)60(5)6)41-43-13-15-44(16-14-43)42-64(12-2)56-39-27-50(28-40-56)58(47-21-33-53(34-22-47)61(7)8)48-23-35-54(36-24-48)62(9)10/h13-40H,11-12,41-42H2,1-10H3/q+2. The molecule has 0 aromatic heterocycles. The lowest BCUT2D eigenvalue weighted by atomic mass is 9.90. The van der Waals surface area contributed by atoms with E-state index in [1.54, 1.807) is 0 Å². The van der Waals surface area contributed by atoms with Crippen LogP contribution in [0.15, 0.2) is 181 Å². The summed E-state index contributed by atoms with van der Waals surface area (Å²) in [5.41, 5.74) is 19.5. The third-order valence-corrected chi connectivity index (χ3v) is 12.3. The van der Waals surface area contributed by atoms with Crippen molar-refractivity contribution in [1.82, 2.24) is 0 Å². The Kier molecular flexibility index (Phi) is 14.5. The van der Waals surface area contributed by atoms with Crippen LogP contribution in [0.25, 0.3) is 11.1 Å². The van der Waals surface area contributed by atoms with Gasteiger partial charge in [-0.2, -0.15) is 0 Å². The molecule has 0 bridgehead atoms. The molecule has 2 aliphatic carbocycles. The molecule has 326 valence electrons. The van der Waals surface area contributed by atoms with E-state index in [1.165, 1.54) is 89.8 Å². The molecule has 0 aliphatic heterocycles. The Balaban J connectivity index is 1.06. The average Bonchev–Trinajstić information content (AvgIpc) is 3.32. The van der Waals surface area contributed by atoms with Gasteiger partial charge in [-0.05, 0) is 142 Å². The van der Waals surface area contributed by atoms with E-state index in [2.05, 4.69) is 269 Å². The molecule has 0 unspecified atom stereocenters. The lowest BCUT2D eigenvalue weighted by molar-refractivity contribution is -0.462. The Hall–Kier alpha value is -6.92. The number of nitrogens with zero attached hydrogens (tertiary/aromatic N) is 6. The molecule has 0 heterocycles. The van der Waals surface area contributed by atoms with Gasteiger partial charge in [0.15, 0.2) is 11.4 Å². The number of benzene rings is 5. The molecule has 0 amide bonds. The molecular formula is C58H66N6+2. The van der Waals surface area contributed by atoms with Gasteiger partial charge in [0.05, 0.1) is 0 Å². The molecular weight excluding hydrogens is 781 g/mol. The maximum atomic E-state index is 2.45. The molecule has 0 saturated carbocycles. The van der Waals surface area contributed by atoms with E-state index in [9.17, 15) is 0 Å². The molecule has 0 saturated heterocycles. The highest BCUT2D eigenvalue weighted by atomic mass is 15.1. The molecule has 64 heavy (non-hydrogen) atoms. The van der Waals surface area contributed by atoms with E-state index in [1.807, 2.05) is 0 Å². The summed E-state index contributed by atoms with van der Waals surface area (Å²) in [7, 11) is 16.7. The largest absolute Gasteiger partial charge is 0.378 e. The van der Waals surface area contributed by atoms with Gasteiger partial charge >= 0.3 is 0 Å². The first-order valence-corrected chi connectivity index (χ1v) is 22.6. The van der Waals surface area contributed by atoms with E-state index in [-0.39, 0.29) is 0 Å². The van der Waals surface area contributed by atoms with E-state index in [4.69, 9.17) is 0 Å². The Morgan fingerprint density at radius 1 is 0.359 bits per heavy atom. The van der Waals surface area contributed by atoms with Crippen molar-refractivity contribution in [2.75, 3.05) is 89.1 Å². The van der Waals surface area contributed by atoms with Crippen LogP contribution in [0.3, 0.4) is 0 Å². The van der Waals surface area contributed by atoms with Gasteiger partial charge in [-0.15, -0.1) is 0 Å². The first-order valence-electron chi connectivity index (χ1n) is 22.6. The Morgan fingerprint density at radius 3 is 0.859 bits per heavy atom. The molecule has 5 aromatic carbocycles. The predicted octanol–water partition coefficient (Wildman–Crippen LogP) is 11.2. The lowest BCUT2D eigenvalue weighted by Gasteiger charge is -2.25. The average molecular weight is 847 g/mol. The molecule has 0 N–H and O–H groups in total. The molecule has 0 spiro atoms. The molecule has 0 radical (unpaired) electrons. The monoisotopic (exact) mass is 847 g/mol. The smallest absolute Gasteiger partial charge is 0.199 e. The summed E-state index contributed by atoms with van der Waals surface area (Å²) in [6.45, 7) is 8.00. The highest BCUT2D eigenvalue weighted by Gasteiger charge is 2.17.